The molecule has 4 aromatic rings. The number of hydrogen-bond donors (Lipinski definition) is 2. The minimum atomic E-state index is 0.728. The number of H-pyrrole nitrogens is 2. The standard InChI is InChI=1S/C15H10ClN3/c16-10-7-5-9(6-8-10)14-18-13-11-3-1-2-4-12(11)17-15(13)19-14/h1-8,17H,(H,18,19). The van der Waals surface area contributed by atoms with Crippen LogP contribution < -0.4 is 0 Å². The maximum absolute atomic E-state index is 5.90. The van der Waals surface area contributed by atoms with Crippen molar-refractivity contribution in [1.29, 1.82) is 0 Å². The van der Waals surface area contributed by atoms with Gasteiger partial charge in [0.1, 0.15) is 5.82 Å². The highest BCUT2D eigenvalue weighted by molar-refractivity contribution is 6.30. The zero-order valence-corrected chi connectivity index (χ0v) is 10.7. The van der Waals surface area contributed by atoms with E-state index in [1.165, 1.54) is 0 Å². The van der Waals surface area contributed by atoms with Crippen molar-refractivity contribution < 1.29 is 0 Å². The fraction of sp³-hybridized carbons (Fsp3) is 0. The molecule has 2 aromatic carbocycles. The molecule has 0 aliphatic rings. The molecule has 0 spiro atoms. The quantitative estimate of drug-likeness (QED) is 0.529. The van der Waals surface area contributed by atoms with Gasteiger partial charge in [-0.3, -0.25) is 0 Å². The van der Waals surface area contributed by atoms with Crippen molar-refractivity contribution in [1.82, 2.24) is 15.0 Å². The summed E-state index contributed by atoms with van der Waals surface area (Å²) in [5.41, 5.74) is 4.05. The van der Waals surface area contributed by atoms with E-state index >= 15 is 0 Å². The van der Waals surface area contributed by atoms with E-state index in [1.807, 2.05) is 42.5 Å². The molecule has 3 nitrogen and oxygen atoms in total. The summed E-state index contributed by atoms with van der Waals surface area (Å²) in [5.74, 6) is 0.851. The monoisotopic (exact) mass is 267 g/mol. The molecule has 0 saturated carbocycles. The van der Waals surface area contributed by atoms with Gasteiger partial charge in [-0.2, -0.15) is 0 Å². The van der Waals surface area contributed by atoms with Gasteiger partial charge in [-0.05, 0) is 30.3 Å². The van der Waals surface area contributed by atoms with Crippen LogP contribution in [-0.2, 0) is 0 Å². The van der Waals surface area contributed by atoms with E-state index < -0.39 is 0 Å². The normalized spacial score (nSPS) is 11.4. The number of para-hydroxylation sites is 1. The smallest absolute Gasteiger partial charge is 0.157 e. The van der Waals surface area contributed by atoms with Gasteiger partial charge in [-0.15, -0.1) is 0 Å². The maximum atomic E-state index is 5.90. The highest BCUT2D eigenvalue weighted by atomic mass is 35.5. The topological polar surface area (TPSA) is 44.5 Å². The van der Waals surface area contributed by atoms with Gasteiger partial charge >= 0.3 is 0 Å². The average molecular weight is 268 g/mol. The van der Waals surface area contributed by atoms with E-state index in [1.54, 1.807) is 0 Å². The second kappa shape index (κ2) is 3.87. The van der Waals surface area contributed by atoms with Crippen LogP contribution in [0.2, 0.25) is 5.02 Å². The second-order valence-corrected chi connectivity index (χ2v) is 4.92. The number of aromatic amines is 2. The van der Waals surface area contributed by atoms with Crippen LogP contribution in [0.1, 0.15) is 0 Å². The first-order valence-corrected chi connectivity index (χ1v) is 6.41. The van der Waals surface area contributed by atoms with Gasteiger partial charge in [0.05, 0.1) is 5.52 Å². The van der Waals surface area contributed by atoms with Crippen LogP contribution in [0.5, 0.6) is 0 Å². The number of benzene rings is 2. The molecule has 4 rings (SSSR count). The Kier molecular flexibility index (Phi) is 2.17. The first kappa shape index (κ1) is 10.6. The van der Waals surface area contributed by atoms with Gasteiger partial charge < -0.3 is 9.97 Å². The summed E-state index contributed by atoms with van der Waals surface area (Å²) in [7, 11) is 0. The number of nitrogens with one attached hydrogen (secondary N) is 2. The van der Waals surface area contributed by atoms with Crippen molar-refractivity contribution in [2.45, 2.75) is 0 Å². The lowest BCUT2D eigenvalue weighted by Crippen LogP contribution is -1.80. The summed E-state index contributed by atoms with van der Waals surface area (Å²) >= 11 is 5.90. The summed E-state index contributed by atoms with van der Waals surface area (Å²) in [6, 6.07) is 15.8. The highest BCUT2D eigenvalue weighted by Crippen LogP contribution is 2.27. The molecule has 2 aromatic heterocycles. The van der Waals surface area contributed by atoms with Crippen LogP contribution in [0.25, 0.3) is 33.5 Å². The summed E-state index contributed by atoms with van der Waals surface area (Å²) in [4.78, 5) is 11.3. The summed E-state index contributed by atoms with van der Waals surface area (Å²) in [6.45, 7) is 0. The zero-order chi connectivity index (χ0) is 12.8. The fourth-order valence-corrected chi connectivity index (χ4v) is 2.47. The largest absolute Gasteiger partial charge is 0.338 e. The van der Waals surface area contributed by atoms with E-state index in [2.05, 4.69) is 21.0 Å². The minimum Gasteiger partial charge on any atom is -0.338 e. The third kappa shape index (κ3) is 1.63. The second-order valence-electron chi connectivity index (χ2n) is 4.49. The first-order chi connectivity index (χ1) is 9.31. The minimum absolute atomic E-state index is 0.728. The molecule has 0 aliphatic heterocycles. The van der Waals surface area contributed by atoms with Crippen molar-refractivity contribution in [2.24, 2.45) is 0 Å². The SMILES string of the molecule is Clc1ccc(-c2nc3[nH]c4ccccc4c3[nH]2)cc1. The van der Waals surface area contributed by atoms with Crippen molar-refractivity contribution in [3.63, 3.8) is 0 Å². The average Bonchev–Trinajstić information content (AvgIpc) is 2.97. The third-order valence-corrected chi connectivity index (χ3v) is 3.52. The van der Waals surface area contributed by atoms with Crippen molar-refractivity contribution in [2.75, 3.05) is 0 Å². The molecule has 92 valence electrons. The van der Waals surface area contributed by atoms with Gasteiger partial charge in [0, 0.05) is 21.5 Å². The molecule has 0 amide bonds. The third-order valence-electron chi connectivity index (χ3n) is 3.27. The molecular weight excluding hydrogens is 258 g/mol. The molecule has 0 bridgehead atoms. The Hall–Kier alpha value is -2.26. The van der Waals surface area contributed by atoms with Crippen LogP contribution in [0.3, 0.4) is 0 Å². The Morgan fingerprint density at radius 2 is 1.68 bits per heavy atom. The molecule has 19 heavy (non-hydrogen) atoms. The summed E-state index contributed by atoms with van der Waals surface area (Å²) in [6.07, 6.45) is 0. The van der Waals surface area contributed by atoms with Crippen LogP contribution in [0.4, 0.5) is 0 Å². The number of imidazole rings is 1. The molecule has 2 heterocycles. The van der Waals surface area contributed by atoms with E-state index in [4.69, 9.17) is 11.6 Å². The van der Waals surface area contributed by atoms with Gasteiger partial charge in [0.2, 0.25) is 0 Å². The molecule has 0 saturated heterocycles. The lowest BCUT2D eigenvalue weighted by Gasteiger charge is -1.96. The number of halogens is 1. The van der Waals surface area contributed by atoms with E-state index in [9.17, 15) is 0 Å². The molecule has 0 atom stereocenters. The van der Waals surface area contributed by atoms with Crippen LogP contribution in [-0.4, -0.2) is 15.0 Å². The molecular formula is C15H10ClN3. The lowest BCUT2D eigenvalue weighted by molar-refractivity contribution is 1.31. The fourth-order valence-electron chi connectivity index (χ4n) is 2.34. The molecule has 0 unspecified atom stereocenters. The lowest BCUT2D eigenvalue weighted by atomic mass is 10.2. The first-order valence-electron chi connectivity index (χ1n) is 6.03. The zero-order valence-electron chi connectivity index (χ0n) is 9.94. The van der Waals surface area contributed by atoms with Crippen molar-refractivity contribution in [3.05, 3.63) is 53.6 Å². The van der Waals surface area contributed by atoms with Gasteiger partial charge in [0.15, 0.2) is 5.65 Å². The highest BCUT2D eigenvalue weighted by Gasteiger charge is 2.10. The molecule has 0 fully saturated rings. The van der Waals surface area contributed by atoms with Gasteiger partial charge in [-0.25, -0.2) is 4.98 Å². The van der Waals surface area contributed by atoms with Crippen LogP contribution >= 0.6 is 11.6 Å². The Bertz CT molecular complexity index is 871. The van der Waals surface area contributed by atoms with Crippen LogP contribution in [0, 0.1) is 0 Å². The number of rotatable bonds is 1. The Morgan fingerprint density at radius 3 is 2.53 bits per heavy atom. The Morgan fingerprint density at radius 1 is 0.895 bits per heavy atom. The van der Waals surface area contributed by atoms with Crippen LogP contribution in [0.15, 0.2) is 48.5 Å². The Labute approximate surface area is 114 Å². The van der Waals surface area contributed by atoms with E-state index in [0.29, 0.717) is 0 Å². The number of fused-ring (bicyclic) bond motifs is 3. The molecule has 4 heteroatoms. The van der Waals surface area contributed by atoms with Crippen molar-refractivity contribution >= 4 is 33.7 Å². The molecule has 0 radical (unpaired) electrons. The van der Waals surface area contributed by atoms with E-state index in [-0.39, 0.29) is 0 Å². The summed E-state index contributed by atoms with van der Waals surface area (Å²) < 4.78 is 0. The predicted molar refractivity (Wildman–Crippen MR) is 78.4 cm³/mol. The number of aromatic nitrogens is 3. The number of hydrogen-bond acceptors (Lipinski definition) is 1. The van der Waals surface area contributed by atoms with Crippen molar-refractivity contribution in [3.8, 4) is 11.4 Å². The summed E-state index contributed by atoms with van der Waals surface area (Å²) in [5, 5.41) is 1.89. The predicted octanol–water partition coefficient (Wildman–Crippen LogP) is 4.36. The van der Waals surface area contributed by atoms with Gasteiger partial charge in [0.25, 0.3) is 0 Å². The van der Waals surface area contributed by atoms with Gasteiger partial charge in [-0.1, -0.05) is 29.8 Å². The molecule has 2 N–H and O–H groups in total. The molecule has 0 aliphatic carbocycles. The van der Waals surface area contributed by atoms with E-state index in [0.717, 1.165) is 38.5 Å². The Balaban J connectivity index is 1.94. The number of nitrogens with zero attached hydrogens (tertiary/aromatic N) is 1. The maximum Gasteiger partial charge on any atom is 0.157 e.